The lowest BCUT2D eigenvalue weighted by molar-refractivity contribution is 0.0225. The summed E-state index contributed by atoms with van der Waals surface area (Å²) >= 11 is 0. The highest BCUT2D eigenvalue weighted by Crippen LogP contribution is 2.49. The normalized spacial score (nSPS) is 24.0. The van der Waals surface area contributed by atoms with Crippen LogP contribution in [0.4, 0.5) is 10.6 Å². The highest BCUT2D eigenvalue weighted by molar-refractivity contribution is 5.86. The molecular weight excluding hydrogens is 336 g/mol. The van der Waals surface area contributed by atoms with Crippen LogP contribution in [0.1, 0.15) is 38.2 Å². The Balaban J connectivity index is 1.59. The van der Waals surface area contributed by atoms with E-state index in [1.807, 2.05) is 32.6 Å². The Morgan fingerprint density at radius 1 is 1.23 bits per heavy atom. The van der Waals surface area contributed by atoms with Gasteiger partial charge in [-0.25, -0.2) is 19.6 Å². The summed E-state index contributed by atoms with van der Waals surface area (Å²) in [6.45, 7) is 9.90. The van der Waals surface area contributed by atoms with Crippen LogP contribution in [-0.2, 0) is 9.47 Å². The SMILES string of the molecule is CCN(C(=O)OC(C)(C)C)C1C2CN(c3cnc(C(=O)OC)cn3)CC21. The van der Waals surface area contributed by atoms with Crippen LogP contribution >= 0.6 is 0 Å². The number of aromatic nitrogens is 2. The monoisotopic (exact) mass is 362 g/mol. The number of hydrogen-bond acceptors (Lipinski definition) is 7. The molecule has 1 aliphatic carbocycles. The van der Waals surface area contributed by atoms with Crippen molar-refractivity contribution < 1.29 is 19.1 Å². The van der Waals surface area contributed by atoms with Gasteiger partial charge < -0.3 is 19.3 Å². The van der Waals surface area contributed by atoms with Crippen molar-refractivity contribution in [2.45, 2.75) is 39.3 Å². The van der Waals surface area contributed by atoms with E-state index >= 15 is 0 Å². The molecule has 1 aromatic heterocycles. The zero-order valence-corrected chi connectivity index (χ0v) is 15.9. The highest BCUT2D eigenvalue weighted by atomic mass is 16.6. The van der Waals surface area contributed by atoms with Crippen molar-refractivity contribution in [3.8, 4) is 0 Å². The topological polar surface area (TPSA) is 84.9 Å². The smallest absolute Gasteiger partial charge is 0.410 e. The minimum atomic E-state index is -0.496. The van der Waals surface area contributed by atoms with Crippen LogP contribution in [0.25, 0.3) is 0 Å². The Morgan fingerprint density at radius 2 is 1.88 bits per heavy atom. The lowest BCUT2D eigenvalue weighted by Crippen LogP contribution is -2.42. The fourth-order valence-corrected chi connectivity index (χ4v) is 3.62. The van der Waals surface area contributed by atoms with E-state index in [4.69, 9.17) is 4.74 Å². The Morgan fingerprint density at radius 3 is 2.35 bits per heavy atom. The number of ether oxygens (including phenoxy) is 2. The third-order valence-corrected chi connectivity index (χ3v) is 4.83. The summed E-state index contributed by atoms with van der Waals surface area (Å²) in [6.07, 6.45) is 2.78. The van der Waals surface area contributed by atoms with E-state index in [2.05, 4.69) is 19.6 Å². The van der Waals surface area contributed by atoms with Gasteiger partial charge in [-0.15, -0.1) is 0 Å². The summed E-state index contributed by atoms with van der Waals surface area (Å²) in [5.41, 5.74) is -0.294. The molecule has 0 bridgehead atoms. The molecule has 1 saturated carbocycles. The van der Waals surface area contributed by atoms with Crippen LogP contribution in [0.2, 0.25) is 0 Å². The number of anilines is 1. The van der Waals surface area contributed by atoms with E-state index in [1.54, 1.807) is 6.20 Å². The number of fused-ring (bicyclic) bond motifs is 1. The summed E-state index contributed by atoms with van der Waals surface area (Å²) in [7, 11) is 1.32. The van der Waals surface area contributed by atoms with E-state index < -0.39 is 11.6 Å². The number of nitrogens with zero attached hydrogens (tertiary/aromatic N) is 4. The van der Waals surface area contributed by atoms with Gasteiger partial charge in [0.05, 0.1) is 19.5 Å². The molecule has 2 atom stereocenters. The van der Waals surface area contributed by atoms with Crippen LogP contribution in [0.15, 0.2) is 12.4 Å². The fraction of sp³-hybridized carbons (Fsp3) is 0.667. The van der Waals surface area contributed by atoms with Crippen molar-refractivity contribution >= 4 is 17.9 Å². The summed E-state index contributed by atoms with van der Waals surface area (Å²) in [4.78, 5) is 36.2. The molecule has 1 aromatic rings. The zero-order chi connectivity index (χ0) is 19.1. The van der Waals surface area contributed by atoms with Crippen molar-refractivity contribution in [3.63, 3.8) is 0 Å². The molecule has 2 fully saturated rings. The fourth-order valence-electron chi connectivity index (χ4n) is 3.62. The number of carbonyl (C=O) groups is 2. The van der Waals surface area contributed by atoms with Gasteiger partial charge in [0.1, 0.15) is 11.4 Å². The number of hydrogen-bond donors (Lipinski definition) is 0. The number of carbonyl (C=O) groups excluding carboxylic acids is 2. The van der Waals surface area contributed by atoms with Gasteiger partial charge in [0.25, 0.3) is 0 Å². The van der Waals surface area contributed by atoms with Crippen LogP contribution in [0.5, 0.6) is 0 Å². The molecule has 3 rings (SSSR count). The van der Waals surface area contributed by atoms with Gasteiger partial charge in [0, 0.05) is 37.5 Å². The molecule has 0 aromatic carbocycles. The lowest BCUT2D eigenvalue weighted by Gasteiger charge is -2.29. The van der Waals surface area contributed by atoms with Crippen LogP contribution in [0, 0.1) is 11.8 Å². The van der Waals surface area contributed by atoms with Gasteiger partial charge in [-0.05, 0) is 27.7 Å². The Hall–Kier alpha value is -2.38. The third-order valence-electron chi connectivity index (χ3n) is 4.83. The molecule has 2 unspecified atom stereocenters. The number of esters is 1. The number of methoxy groups -OCH3 is 1. The summed E-state index contributed by atoms with van der Waals surface area (Å²) in [5, 5.41) is 0. The van der Waals surface area contributed by atoms with E-state index in [-0.39, 0.29) is 17.8 Å². The van der Waals surface area contributed by atoms with Gasteiger partial charge in [-0.2, -0.15) is 0 Å². The van der Waals surface area contributed by atoms with E-state index in [1.165, 1.54) is 13.3 Å². The van der Waals surface area contributed by atoms with E-state index in [0.717, 1.165) is 18.9 Å². The largest absolute Gasteiger partial charge is 0.464 e. The average molecular weight is 362 g/mol. The highest BCUT2D eigenvalue weighted by Gasteiger charge is 2.60. The molecule has 26 heavy (non-hydrogen) atoms. The minimum absolute atomic E-state index is 0.195. The van der Waals surface area contributed by atoms with Gasteiger partial charge in [0.15, 0.2) is 5.69 Å². The van der Waals surface area contributed by atoms with E-state index in [9.17, 15) is 9.59 Å². The van der Waals surface area contributed by atoms with Gasteiger partial charge in [-0.1, -0.05) is 0 Å². The molecule has 1 amide bonds. The maximum absolute atomic E-state index is 12.4. The Bertz CT molecular complexity index is 673. The van der Waals surface area contributed by atoms with E-state index in [0.29, 0.717) is 18.4 Å². The quantitative estimate of drug-likeness (QED) is 0.757. The second kappa shape index (κ2) is 6.74. The predicted molar refractivity (Wildman–Crippen MR) is 95.0 cm³/mol. The van der Waals surface area contributed by atoms with Crippen LogP contribution < -0.4 is 4.90 Å². The first-order valence-electron chi connectivity index (χ1n) is 8.90. The molecule has 1 aliphatic heterocycles. The molecule has 8 nitrogen and oxygen atoms in total. The number of rotatable bonds is 4. The second-order valence-corrected chi connectivity index (χ2v) is 7.74. The van der Waals surface area contributed by atoms with Crippen LogP contribution in [-0.4, -0.2) is 65.3 Å². The van der Waals surface area contributed by atoms with Gasteiger partial charge in [-0.3, -0.25) is 0 Å². The zero-order valence-electron chi connectivity index (χ0n) is 15.9. The van der Waals surface area contributed by atoms with Crippen molar-refractivity contribution in [2.75, 3.05) is 31.6 Å². The van der Waals surface area contributed by atoms with Crippen molar-refractivity contribution in [2.24, 2.45) is 11.8 Å². The Kier molecular flexibility index (Phi) is 4.77. The van der Waals surface area contributed by atoms with Gasteiger partial charge >= 0.3 is 12.1 Å². The third kappa shape index (κ3) is 3.59. The summed E-state index contributed by atoms with van der Waals surface area (Å²) < 4.78 is 10.2. The molecule has 2 aliphatic rings. The molecule has 0 spiro atoms. The lowest BCUT2D eigenvalue weighted by atomic mass is 10.2. The molecule has 0 N–H and O–H groups in total. The first-order chi connectivity index (χ1) is 12.2. The average Bonchev–Trinajstić information content (AvgIpc) is 3.05. The van der Waals surface area contributed by atoms with Crippen molar-refractivity contribution in [1.29, 1.82) is 0 Å². The maximum atomic E-state index is 12.4. The summed E-state index contributed by atoms with van der Waals surface area (Å²) in [5.74, 6) is 1.09. The number of amides is 1. The molecular formula is C18H26N4O4. The molecule has 8 heteroatoms. The Labute approximate surface area is 153 Å². The number of piperidine rings is 1. The minimum Gasteiger partial charge on any atom is -0.464 e. The first kappa shape index (κ1) is 18.4. The van der Waals surface area contributed by atoms with Crippen molar-refractivity contribution in [1.82, 2.24) is 14.9 Å². The molecule has 1 saturated heterocycles. The second-order valence-electron chi connectivity index (χ2n) is 7.74. The molecule has 2 heterocycles. The first-order valence-corrected chi connectivity index (χ1v) is 8.90. The molecule has 142 valence electrons. The summed E-state index contributed by atoms with van der Waals surface area (Å²) in [6, 6.07) is 0.230. The van der Waals surface area contributed by atoms with Crippen LogP contribution in [0.3, 0.4) is 0 Å². The maximum Gasteiger partial charge on any atom is 0.410 e. The standard InChI is InChI=1S/C18H26N4O4/c1-6-22(17(24)26-18(2,3)4)15-11-9-21(10-12(11)15)14-8-19-13(7-20-14)16(23)25-5/h7-8,11-12,15H,6,9-10H2,1-5H3. The predicted octanol–water partition coefficient (Wildman–Crippen LogP) is 1.95. The van der Waals surface area contributed by atoms with Crippen molar-refractivity contribution in [3.05, 3.63) is 18.1 Å². The van der Waals surface area contributed by atoms with Gasteiger partial charge in [0.2, 0.25) is 0 Å². The molecule has 0 radical (unpaired) electrons.